The SMILES string of the molecule is COC(=O)CNC(=O)CNCCOc1c2cc3cc1Oc1ccc(cc1Cl)[C@@H](O)[C@@H]1NC(=O)[C@H](NC(=O)[C@@H]3NC(=O)[C@H]3NC(=O)[C@@H](Cc4ccc(c(Cl)c4)O2)NC(=O)[C@H](NC(=O)OC(C)(C)C)c2ccc(O)c(c2)Oc2cc(O)cc3c2)c2ccc(O)c(c2)-c2c(O)cc(O)cc2[C@H](C(=O)OCCBr)NC1=O. The van der Waals surface area contributed by atoms with Crippen LogP contribution in [0, 0.1) is 0 Å². The molecule has 0 unspecified atom stereocenters. The van der Waals surface area contributed by atoms with Crippen LogP contribution in [0.3, 0.4) is 0 Å². The second-order valence-electron chi connectivity index (χ2n) is 25.6. The van der Waals surface area contributed by atoms with Gasteiger partial charge in [0.2, 0.25) is 47.1 Å². The first-order valence-electron chi connectivity index (χ1n) is 32.7. The molecule has 13 rings (SSSR count). The molecular weight excluding hydrogens is 1510 g/mol. The first kappa shape index (κ1) is 76.4. The van der Waals surface area contributed by atoms with E-state index in [4.69, 9.17) is 51.6 Å². The van der Waals surface area contributed by atoms with Crippen molar-refractivity contribution in [2.75, 3.05) is 45.3 Å². The molecule has 17 bridgehead atoms. The maximum absolute atomic E-state index is 16.3. The molecule has 32 nitrogen and oxygen atoms in total. The van der Waals surface area contributed by atoms with Crippen LogP contribution in [-0.4, -0.2) is 153 Å². The monoisotopic (exact) mass is 1580 g/mol. The summed E-state index contributed by atoms with van der Waals surface area (Å²) in [5.74, 6) is -15.5. The number of fused-ring (bicyclic) bond motifs is 14. The minimum absolute atomic E-state index is 0.0227. The van der Waals surface area contributed by atoms with Crippen molar-refractivity contribution in [1.82, 2.24) is 47.9 Å². The number of nitrogens with one attached hydrogen (secondary N) is 9. The van der Waals surface area contributed by atoms with E-state index in [0.29, 0.717) is 0 Å². The maximum atomic E-state index is 16.3. The fraction of sp³-hybridized carbons (Fsp3) is 0.278. The number of benzene rings is 7. The van der Waals surface area contributed by atoms with Gasteiger partial charge in [0.05, 0.1) is 23.7 Å². The van der Waals surface area contributed by atoms with Gasteiger partial charge in [0, 0.05) is 47.1 Å². The van der Waals surface area contributed by atoms with Crippen molar-refractivity contribution in [3.05, 3.63) is 164 Å². The number of halogens is 3. The molecule has 0 aromatic heterocycles. The highest BCUT2D eigenvalue weighted by atomic mass is 79.9. The number of aromatic hydroxyl groups is 5. The highest BCUT2D eigenvalue weighted by Gasteiger charge is 2.42. The van der Waals surface area contributed by atoms with E-state index in [9.17, 15) is 54.6 Å². The number of amides is 8. The zero-order chi connectivity index (χ0) is 76.9. The molecule has 560 valence electrons. The standard InChI is InChI=1S/C72H68BrCl2N9O23/c1-72(2,3)107-71(100)84-57-33-7-10-46(88)50(23-33)104-39-20-35(19-37(85)26-39)58-67(96)81-59-36-24-51(105-48-11-5-31(17-42(48)74)18-44(64(93)79-58)78-65(57)94)63(102-16-14-76-29-53(90)77-30-54(91)101-4)52(25-36)106-49-12-8-34(22-43(49)75)62(92)61-69(98)82-60(70(99)103-15-13-73)41-27-38(86)28-47(89)55(41)40-21-32(6-9-45(40)87)56(66(95)83-61)80-68(59)97/h5-12,17,19-28,44,56-62,76,85-89,92H,13-16,18,29-30H2,1-4H3,(H,77,90)(H,78,94)(H,79,93)(H,80,97)(H,81,96)(H,82,98)(H,83,95)(H,84,100)/t44-,56-,57-,58+,59-,60-,61+,62-/m1/s1. The number of esters is 2. The lowest BCUT2D eigenvalue weighted by Crippen LogP contribution is -2.55. The Morgan fingerprint density at radius 3 is 1.88 bits per heavy atom. The van der Waals surface area contributed by atoms with Crippen LogP contribution < -0.4 is 66.8 Å². The normalized spacial score (nSPS) is 19.8. The van der Waals surface area contributed by atoms with Gasteiger partial charge in [0.15, 0.2) is 29.0 Å². The Bertz CT molecular complexity index is 4750. The van der Waals surface area contributed by atoms with Gasteiger partial charge in [-0.3, -0.25) is 38.4 Å². The number of carbonyl (C=O) groups is 10. The zero-order valence-corrected chi connectivity index (χ0v) is 59.9. The van der Waals surface area contributed by atoms with Crippen molar-refractivity contribution in [1.29, 1.82) is 0 Å². The Labute approximate surface area is 625 Å². The number of aliphatic hydroxyl groups is 1. The van der Waals surface area contributed by atoms with Gasteiger partial charge in [-0.25, -0.2) is 9.59 Å². The molecule has 15 N–H and O–H groups in total. The van der Waals surface area contributed by atoms with Gasteiger partial charge in [-0.05, 0) is 133 Å². The quantitative estimate of drug-likeness (QED) is 0.0290. The number of carbonyl (C=O) groups excluding carboxylic acids is 10. The number of ether oxygens (including phenoxy) is 7. The summed E-state index contributed by atoms with van der Waals surface area (Å²) in [6, 6.07) is 7.97. The Morgan fingerprint density at radius 1 is 0.589 bits per heavy atom. The summed E-state index contributed by atoms with van der Waals surface area (Å²) in [7, 11) is 1.14. The lowest BCUT2D eigenvalue weighted by molar-refractivity contribution is -0.148. The van der Waals surface area contributed by atoms with Crippen molar-refractivity contribution in [3.8, 4) is 80.1 Å². The van der Waals surface area contributed by atoms with Crippen LogP contribution in [0.4, 0.5) is 4.79 Å². The number of phenols is 5. The van der Waals surface area contributed by atoms with Crippen LogP contribution in [0.15, 0.2) is 115 Å². The second kappa shape index (κ2) is 32.3. The highest BCUT2D eigenvalue weighted by molar-refractivity contribution is 9.09. The van der Waals surface area contributed by atoms with E-state index >= 15 is 24.0 Å². The molecule has 0 fully saturated rings. The smallest absolute Gasteiger partial charge is 0.408 e. The fourth-order valence-corrected chi connectivity index (χ4v) is 12.5. The van der Waals surface area contributed by atoms with E-state index in [2.05, 4.69) is 68.5 Å². The van der Waals surface area contributed by atoms with Crippen LogP contribution in [0.25, 0.3) is 11.1 Å². The van der Waals surface area contributed by atoms with Gasteiger partial charge in [-0.1, -0.05) is 63.4 Å². The third-order valence-electron chi connectivity index (χ3n) is 16.8. The van der Waals surface area contributed by atoms with Crippen molar-refractivity contribution in [2.45, 2.75) is 81.2 Å². The summed E-state index contributed by atoms with van der Waals surface area (Å²) in [5.41, 5.74) is -3.21. The van der Waals surface area contributed by atoms with Gasteiger partial charge in [-0.2, -0.15) is 0 Å². The molecule has 0 spiro atoms. The molecular formula is C72H68BrCl2N9O23. The maximum Gasteiger partial charge on any atom is 0.408 e. The third-order valence-corrected chi connectivity index (χ3v) is 17.7. The summed E-state index contributed by atoms with van der Waals surface area (Å²) < 4.78 is 41.4. The second-order valence-corrected chi connectivity index (χ2v) is 27.2. The molecule has 0 saturated heterocycles. The van der Waals surface area contributed by atoms with E-state index < -0.39 is 166 Å². The number of alkyl halides is 1. The number of alkyl carbamates (subject to hydrolysis) is 1. The predicted molar refractivity (Wildman–Crippen MR) is 379 cm³/mol. The predicted octanol–water partition coefficient (Wildman–Crippen LogP) is 5.96. The molecule has 7 aromatic rings. The van der Waals surface area contributed by atoms with Crippen molar-refractivity contribution in [2.24, 2.45) is 0 Å². The Morgan fingerprint density at radius 2 is 1.21 bits per heavy atom. The van der Waals surface area contributed by atoms with E-state index in [1.807, 2.05) is 0 Å². The average molecular weight is 1580 g/mol. The number of methoxy groups -OCH3 is 1. The Hall–Kier alpha value is -11.8. The summed E-state index contributed by atoms with van der Waals surface area (Å²) in [4.78, 5) is 146. The van der Waals surface area contributed by atoms with Crippen LogP contribution in [-0.2, 0) is 63.8 Å². The molecule has 6 aliphatic rings. The first-order valence-corrected chi connectivity index (χ1v) is 34.6. The molecule has 0 saturated carbocycles. The fourth-order valence-electron chi connectivity index (χ4n) is 11.9. The number of phenolic OH excluding ortho intramolecular Hbond substituents is 5. The Kier molecular flexibility index (Phi) is 23.0. The van der Waals surface area contributed by atoms with Crippen molar-refractivity contribution < 1.29 is 112 Å². The van der Waals surface area contributed by atoms with Crippen LogP contribution >= 0.6 is 39.1 Å². The molecule has 35 heteroatoms. The van der Waals surface area contributed by atoms with Gasteiger partial charge >= 0.3 is 18.0 Å². The zero-order valence-electron chi connectivity index (χ0n) is 56.8. The summed E-state index contributed by atoms with van der Waals surface area (Å²) in [6.45, 7) is 3.15. The number of rotatable bonds is 12. The molecule has 107 heavy (non-hydrogen) atoms. The molecule has 7 aromatic carbocycles. The lowest BCUT2D eigenvalue weighted by Gasteiger charge is -2.31. The minimum atomic E-state index is -2.25. The third kappa shape index (κ3) is 17.8. The van der Waals surface area contributed by atoms with E-state index in [-0.39, 0.29) is 121 Å². The largest absolute Gasteiger partial charge is 0.508 e. The Balaban J connectivity index is 1.14. The van der Waals surface area contributed by atoms with Gasteiger partial charge < -0.3 is 112 Å². The van der Waals surface area contributed by atoms with Crippen molar-refractivity contribution >= 4 is 98.5 Å². The van der Waals surface area contributed by atoms with Gasteiger partial charge in [0.25, 0.3) is 0 Å². The number of hydrogen-bond acceptors (Lipinski definition) is 24. The van der Waals surface area contributed by atoms with Gasteiger partial charge in [0.1, 0.15) is 108 Å². The number of hydrogen-bond donors (Lipinski definition) is 15. The van der Waals surface area contributed by atoms with Crippen LogP contribution in [0.2, 0.25) is 10.0 Å². The molecule has 6 aliphatic heterocycles. The van der Waals surface area contributed by atoms with Crippen molar-refractivity contribution in [3.63, 3.8) is 0 Å². The number of aliphatic hydroxyl groups excluding tert-OH is 1. The molecule has 0 aliphatic carbocycles. The topological polar surface area (TPSA) is 465 Å². The first-order chi connectivity index (χ1) is 50.9. The van der Waals surface area contributed by atoms with Gasteiger partial charge in [-0.15, -0.1) is 0 Å². The summed E-state index contributed by atoms with van der Waals surface area (Å²) in [6.07, 6.45) is -3.71. The molecule has 8 atom stereocenters. The summed E-state index contributed by atoms with van der Waals surface area (Å²) in [5, 5.41) is 92.7. The average Bonchev–Trinajstić information content (AvgIpc) is 0.735. The molecule has 6 heterocycles. The van der Waals surface area contributed by atoms with E-state index in [1.165, 1.54) is 60.7 Å². The van der Waals surface area contributed by atoms with E-state index in [1.54, 1.807) is 20.8 Å². The minimum Gasteiger partial charge on any atom is -0.508 e. The lowest BCUT2D eigenvalue weighted by atomic mass is 9.89. The highest BCUT2D eigenvalue weighted by Crippen LogP contribution is 2.49. The van der Waals surface area contributed by atoms with Crippen LogP contribution in [0.5, 0.6) is 69.0 Å². The summed E-state index contributed by atoms with van der Waals surface area (Å²) >= 11 is 17.4. The van der Waals surface area contributed by atoms with E-state index in [0.717, 1.165) is 61.7 Å². The molecule has 8 amide bonds. The molecule has 0 radical (unpaired) electrons. The van der Waals surface area contributed by atoms with Crippen LogP contribution in [0.1, 0.15) is 96.0 Å².